The fraction of sp³-hybridized carbons (Fsp3) is 0.923. The number of aliphatic carboxylic acids is 1. The minimum Gasteiger partial charge on any atom is -0.480 e. The molecule has 0 aromatic heterocycles. The number of hydrogen-bond donors (Lipinski definition) is 2. The van der Waals surface area contributed by atoms with Crippen LogP contribution in [-0.4, -0.2) is 58.7 Å². The van der Waals surface area contributed by atoms with Gasteiger partial charge in [0.25, 0.3) is 0 Å². The molecule has 104 valence electrons. The number of rotatable bonds is 8. The number of thioether (sulfide) groups is 1. The van der Waals surface area contributed by atoms with Gasteiger partial charge in [0, 0.05) is 23.4 Å². The fourth-order valence-corrected chi connectivity index (χ4v) is 3.39. The zero-order chi connectivity index (χ0) is 13.2. The van der Waals surface area contributed by atoms with Gasteiger partial charge in [0.1, 0.15) is 0 Å². The van der Waals surface area contributed by atoms with Gasteiger partial charge in [0.2, 0.25) is 0 Å². The molecule has 2 fully saturated rings. The van der Waals surface area contributed by atoms with Crippen molar-refractivity contribution < 1.29 is 9.90 Å². The first-order chi connectivity index (χ1) is 8.58. The van der Waals surface area contributed by atoms with Crippen LogP contribution < -0.4 is 5.32 Å². The Morgan fingerprint density at radius 2 is 2.17 bits per heavy atom. The second-order valence-electron chi connectivity index (χ2n) is 5.55. The van der Waals surface area contributed by atoms with Crippen molar-refractivity contribution >= 4 is 17.7 Å². The Morgan fingerprint density at radius 3 is 2.61 bits per heavy atom. The summed E-state index contributed by atoms with van der Waals surface area (Å²) in [6.45, 7) is 4.17. The van der Waals surface area contributed by atoms with Crippen LogP contribution in [0.3, 0.4) is 0 Å². The van der Waals surface area contributed by atoms with Crippen molar-refractivity contribution in [1.29, 1.82) is 0 Å². The lowest BCUT2D eigenvalue weighted by Crippen LogP contribution is -2.54. The lowest BCUT2D eigenvalue weighted by Gasteiger charge is -2.42. The molecule has 0 aromatic rings. The maximum absolute atomic E-state index is 10.7. The molecule has 0 bridgehead atoms. The van der Waals surface area contributed by atoms with Crippen molar-refractivity contribution in [1.82, 2.24) is 10.2 Å². The minimum absolute atomic E-state index is 0.183. The predicted octanol–water partition coefficient (Wildman–Crippen LogP) is 1.41. The zero-order valence-electron chi connectivity index (χ0n) is 11.3. The Bertz CT molecular complexity index is 301. The molecule has 2 rings (SSSR count). The van der Waals surface area contributed by atoms with Crippen molar-refractivity contribution in [2.24, 2.45) is 0 Å². The van der Waals surface area contributed by atoms with E-state index in [1.54, 1.807) is 0 Å². The van der Waals surface area contributed by atoms with Gasteiger partial charge in [-0.1, -0.05) is 6.92 Å². The lowest BCUT2D eigenvalue weighted by molar-refractivity contribution is -0.139. The van der Waals surface area contributed by atoms with Crippen LogP contribution >= 0.6 is 11.8 Å². The monoisotopic (exact) mass is 272 g/mol. The Hall–Kier alpha value is -0.260. The molecular formula is C13H24N2O2S. The maximum atomic E-state index is 10.7. The van der Waals surface area contributed by atoms with Gasteiger partial charge in [-0.15, -0.1) is 0 Å². The van der Waals surface area contributed by atoms with E-state index in [0.29, 0.717) is 16.8 Å². The van der Waals surface area contributed by atoms with Crippen LogP contribution in [0.4, 0.5) is 0 Å². The van der Waals surface area contributed by atoms with Gasteiger partial charge in [-0.05, 0) is 38.5 Å². The summed E-state index contributed by atoms with van der Waals surface area (Å²) in [5.74, 6) is -0.715. The van der Waals surface area contributed by atoms with Crippen molar-refractivity contribution in [3.05, 3.63) is 0 Å². The smallest absolute Gasteiger partial charge is 0.317 e. The van der Waals surface area contributed by atoms with Crippen molar-refractivity contribution in [3.63, 3.8) is 0 Å². The standard InChI is InChI=1S/C13H24N2O2S/c1-3-15(8-12(16)17)11-6-10(7-11)14-9-13(18-2)4-5-13/h10-11,14H,3-9H2,1-2H3,(H,16,17). The minimum atomic E-state index is -0.715. The molecule has 0 unspecified atom stereocenters. The predicted molar refractivity (Wildman–Crippen MR) is 75.2 cm³/mol. The van der Waals surface area contributed by atoms with E-state index in [1.807, 2.05) is 18.7 Å². The molecule has 0 radical (unpaired) electrons. The molecule has 2 aliphatic rings. The number of carbonyl (C=O) groups is 1. The van der Waals surface area contributed by atoms with Gasteiger partial charge in [-0.2, -0.15) is 11.8 Å². The zero-order valence-corrected chi connectivity index (χ0v) is 12.1. The van der Waals surface area contributed by atoms with E-state index in [-0.39, 0.29) is 6.54 Å². The largest absolute Gasteiger partial charge is 0.480 e. The number of carboxylic acid groups (broad SMARTS) is 1. The van der Waals surface area contributed by atoms with Crippen LogP contribution in [0, 0.1) is 0 Å². The van der Waals surface area contributed by atoms with Crippen molar-refractivity contribution in [3.8, 4) is 0 Å². The number of likely N-dealkylation sites (N-methyl/N-ethyl adjacent to an activating group) is 1. The number of hydrogen-bond acceptors (Lipinski definition) is 4. The molecule has 5 heteroatoms. The molecule has 0 heterocycles. The highest BCUT2D eigenvalue weighted by Gasteiger charge is 2.43. The third-order valence-corrected chi connectivity index (χ3v) is 5.75. The van der Waals surface area contributed by atoms with Crippen LogP contribution in [0.15, 0.2) is 0 Å². The molecule has 18 heavy (non-hydrogen) atoms. The molecule has 0 aliphatic heterocycles. The topological polar surface area (TPSA) is 52.6 Å². The Morgan fingerprint density at radius 1 is 1.50 bits per heavy atom. The molecule has 0 spiro atoms. The maximum Gasteiger partial charge on any atom is 0.317 e. The molecule has 2 N–H and O–H groups in total. The summed E-state index contributed by atoms with van der Waals surface area (Å²) >= 11 is 1.98. The summed E-state index contributed by atoms with van der Waals surface area (Å²) < 4.78 is 0.524. The molecule has 0 saturated heterocycles. The summed E-state index contributed by atoms with van der Waals surface area (Å²) in [6, 6.07) is 1.07. The summed E-state index contributed by atoms with van der Waals surface area (Å²) in [7, 11) is 0. The van der Waals surface area contributed by atoms with Gasteiger partial charge >= 0.3 is 5.97 Å². The van der Waals surface area contributed by atoms with E-state index < -0.39 is 5.97 Å². The molecule has 4 nitrogen and oxygen atoms in total. The van der Waals surface area contributed by atoms with E-state index >= 15 is 0 Å². The van der Waals surface area contributed by atoms with E-state index in [0.717, 1.165) is 25.9 Å². The molecular weight excluding hydrogens is 248 g/mol. The number of nitrogens with zero attached hydrogens (tertiary/aromatic N) is 1. The number of carboxylic acids is 1. The average Bonchev–Trinajstić information content (AvgIpc) is 3.05. The van der Waals surface area contributed by atoms with E-state index in [1.165, 1.54) is 12.8 Å². The summed E-state index contributed by atoms with van der Waals surface area (Å²) in [5, 5.41) is 12.5. The van der Waals surface area contributed by atoms with Crippen LogP contribution in [-0.2, 0) is 4.79 Å². The average molecular weight is 272 g/mol. The highest BCUT2D eigenvalue weighted by atomic mass is 32.2. The lowest BCUT2D eigenvalue weighted by atomic mass is 9.85. The van der Waals surface area contributed by atoms with Crippen LogP contribution in [0.2, 0.25) is 0 Å². The van der Waals surface area contributed by atoms with Gasteiger partial charge in [0.15, 0.2) is 0 Å². The Labute approximate surface area is 113 Å². The van der Waals surface area contributed by atoms with E-state index in [9.17, 15) is 4.79 Å². The first kappa shape index (κ1) is 14.2. The molecule has 2 aliphatic carbocycles. The quantitative estimate of drug-likeness (QED) is 0.700. The Kier molecular flexibility index (Phi) is 4.56. The van der Waals surface area contributed by atoms with E-state index in [4.69, 9.17) is 5.11 Å². The second-order valence-corrected chi connectivity index (χ2v) is 6.82. The van der Waals surface area contributed by atoms with Gasteiger partial charge < -0.3 is 10.4 Å². The summed E-state index contributed by atoms with van der Waals surface area (Å²) in [5.41, 5.74) is 0. The highest BCUT2D eigenvalue weighted by molar-refractivity contribution is 8.00. The summed E-state index contributed by atoms with van der Waals surface area (Å²) in [6.07, 6.45) is 7.09. The SMILES string of the molecule is CCN(CC(=O)O)C1CC(NCC2(SC)CC2)C1. The third-order valence-electron chi connectivity index (χ3n) is 4.33. The van der Waals surface area contributed by atoms with Crippen molar-refractivity contribution in [2.75, 3.05) is 25.9 Å². The van der Waals surface area contributed by atoms with Crippen LogP contribution in [0.25, 0.3) is 0 Å². The molecule has 0 amide bonds. The molecule has 0 aromatic carbocycles. The fourth-order valence-electron chi connectivity index (χ4n) is 2.65. The van der Waals surface area contributed by atoms with Crippen LogP contribution in [0.1, 0.15) is 32.6 Å². The first-order valence-corrected chi connectivity index (χ1v) is 8.05. The van der Waals surface area contributed by atoms with Gasteiger partial charge in [0.05, 0.1) is 6.54 Å². The van der Waals surface area contributed by atoms with E-state index in [2.05, 4.69) is 16.5 Å². The van der Waals surface area contributed by atoms with Gasteiger partial charge in [-0.3, -0.25) is 9.69 Å². The van der Waals surface area contributed by atoms with Crippen molar-refractivity contribution in [2.45, 2.75) is 49.4 Å². The summed E-state index contributed by atoms with van der Waals surface area (Å²) in [4.78, 5) is 12.8. The first-order valence-electron chi connectivity index (χ1n) is 6.83. The Balaban J connectivity index is 1.65. The molecule has 2 saturated carbocycles. The van der Waals surface area contributed by atoms with Crippen LogP contribution in [0.5, 0.6) is 0 Å². The highest BCUT2D eigenvalue weighted by Crippen LogP contribution is 2.46. The number of nitrogens with one attached hydrogen (secondary N) is 1. The van der Waals surface area contributed by atoms with Gasteiger partial charge in [-0.25, -0.2) is 0 Å². The second kappa shape index (κ2) is 5.80. The molecule has 0 atom stereocenters. The third kappa shape index (κ3) is 3.39. The normalized spacial score (nSPS) is 29.1.